The second-order valence-electron chi connectivity index (χ2n) is 6.41. The van der Waals surface area contributed by atoms with E-state index in [1.165, 1.54) is 38.5 Å². The summed E-state index contributed by atoms with van der Waals surface area (Å²) in [7, 11) is 0. The maximum atomic E-state index is 11.8. The topological polar surface area (TPSA) is 46.5 Å². The van der Waals surface area contributed by atoms with E-state index in [4.69, 9.17) is 5.11 Å². The van der Waals surface area contributed by atoms with Crippen LogP contribution in [0.3, 0.4) is 0 Å². The standard InChI is InChI=1S/C18H33F3O3/c19-18(20,21)16-24-15-13-11-9-7-5-3-1-2-4-6-8-10-12-14-17(22)23/h1-16H2,(H,22,23). The van der Waals surface area contributed by atoms with Crippen molar-refractivity contribution in [1.82, 2.24) is 0 Å². The van der Waals surface area contributed by atoms with Crippen LogP contribution in [0.25, 0.3) is 0 Å². The van der Waals surface area contributed by atoms with Gasteiger partial charge in [-0.1, -0.05) is 70.6 Å². The van der Waals surface area contributed by atoms with E-state index >= 15 is 0 Å². The molecular weight excluding hydrogens is 321 g/mol. The Balaban J connectivity index is 3.04. The Kier molecular flexibility index (Phi) is 15.2. The van der Waals surface area contributed by atoms with E-state index in [-0.39, 0.29) is 13.0 Å². The van der Waals surface area contributed by atoms with E-state index in [9.17, 15) is 18.0 Å². The minimum atomic E-state index is -4.21. The molecule has 0 aromatic rings. The van der Waals surface area contributed by atoms with Gasteiger partial charge in [0.2, 0.25) is 0 Å². The number of hydrogen-bond donors (Lipinski definition) is 1. The van der Waals surface area contributed by atoms with Gasteiger partial charge in [0, 0.05) is 13.0 Å². The summed E-state index contributed by atoms with van der Waals surface area (Å²) in [5.74, 6) is -0.705. The van der Waals surface area contributed by atoms with Crippen molar-refractivity contribution in [2.45, 2.75) is 96.1 Å². The first-order valence-corrected chi connectivity index (χ1v) is 9.28. The number of halogens is 3. The number of unbranched alkanes of at least 4 members (excludes halogenated alkanes) is 12. The van der Waals surface area contributed by atoms with Crippen LogP contribution in [-0.4, -0.2) is 30.5 Å². The fraction of sp³-hybridized carbons (Fsp3) is 0.944. The quantitative estimate of drug-likeness (QED) is 0.320. The van der Waals surface area contributed by atoms with Gasteiger partial charge in [0.1, 0.15) is 6.61 Å². The summed E-state index contributed by atoms with van der Waals surface area (Å²) in [5, 5.41) is 8.51. The van der Waals surface area contributed by atoms with Crippen LogP contribution in [0, 0.1) is 0 Å². The third kappa shape index (κ3) is 21.2. The molecule has 0 rings (SSSR count). The molecule has 0 bridgehead atoms. The minimum absolute atomic E-state index is 0.200. The summed E-state index contributed by atoms with van der Waals surface area (Å²) in [5.41, 5.74) is 0. The van der Waals surface area contributed by atoms with E-state index in [1.54, 1.807) is 0 Å². The first kappa shape index (κ1) is 23.2. The van der Waals surface area contributed by atoms with E-state index in [2.05, 4.69) is 4.74 Å². The average Bonchev–Trinajstić information content (AvgIpc) is 2.49. The molecule has 6 heteroatoms. The molecule has 0 saturated heterocycles. The number of ether oxygens (including phenoxy) is 1. The second kappa shape index (κ2) is 15.7. The van der Waals surface area contributed by atoms with Crippen LogP contribution in [0.1, 0.15) is 89.9 Å². The SMILES string of the molecule is O=C(O)CCCCCCCCCCCCCCCOCC(F)(F)F. The van der Waals surface area contributed by atoms with Gasteiger partial charge < -0.3 is 9.84 Å². The molecule has 1 N–H and O–H groups in total. The molecule has 0 fully saturated rings. The van der Waals surface area contributed by atoms with Crippen molar-refractivity contribution in [3.8, 4) is 0 Å². The Morgan fingerprint density at radius 1 is 0.708 bits per heavy atom. The van der Waals surface area contributed by atoms with Crippen molar-refractivity contribution in [3.63, 3.8) is 0 Å². The summed E-state index contributed by atoms with van der Waals surface area (Å²) in [4.78, 5) is 10.3. The van der Waals surface area contributed by atoms with E-state index < -0.39 is 18.8 Å². The van der Waals surface area contributed by atoms with Crippen LogP contribution in [0.4, 0.5) is 13.2 Å². The highest BCUT2D eigenvalue weighted by Crippen LogP contribution is 2.15. The van der Waals surface area contributed by atoms with Crippen molar-refractivity contribution >= 4 is 5.97 Å². The molecule has 0 spiro atoms. The zero-order chi connectivity index (χ0) is 18.1. The molecule has 0 saturated carbocycles. The van der Waals surface area contributed by atoms with Crippen LogP contribution in [0.5, 0.6) is 0 Å². The van der Waals surface area contributed by atoms with E-state index in [1.807, 2.05) is 0 Å². The number of aliphatic carboxylic acids is 1. The van der Waals surface area contributed by atoms with Crippen molar-refractivity contribution in [2.24, 2.45) is 0 Å². The van der Waals surface area contributed by atoms with Crippen LogP contribution in [0.2, 0.25) is 0 Å². The van der Waals surface area contributed by atoms with Crippen LogP contribution in [0.15, 0.2) is 0 Å². The Bertz CT molecular complexity index is 294. The summed E-state index contributed by atoms with van der Waals surface area (Å²) in [6.07, 6.45) is 10.2. The first-order valence-electron chi connectivity index (χ1n) is 9.28. The molecule has 0 atom stereocenters. The zero-order valence-corrected chi connectivity index (χ0v) is 14.7. The van der Waals surface area contributed by atoms with Crippen molar-refractivity contribution in [2.75, 3.05) is 13.2 Å². The molecule has 0 aromatic heterocycles. The Labute approximate surface area is 144 Å². The van der Waals surface area contributed by atoms with Gasteiger partial charge in [0.25, 0.3) is 0 Å². The molecule has 0 amide bonds. The number of rotatable bonds is 17. The zero-order valence-electron chi connectivity index (χ0n) is 14.7. The van der Waals surface area contributed by atoms with Gasteiger partial charge in [-0.05, 0) is 12.8 Å². The molecule has 144 valence electrons. The van der Waals surface area contributed by atoms with Crippen LogP contribution < -0.4 is 0 Å². The molecule has 0 unspecified atom stereocenters. The largest absolute Gasteiger partial charge is 0.481 e. The highest BCUT2D eigenvalue weighted by Gasteiger charge is 2.27. The Hall–Kier alpha value is -0.780. The lowest BCUT2D eigenvalue weighted by Gasteiger charge is -2.07. The minimum Gasteiger partial charge on any atom is -0.481 e. The third-order valence-electron chi connectivity index (χ3n) is 3.95. The normalized spacial score (nSPS) is 11.8. The fourth-order valence-electron chi connectivity index (χ4n) is 2.61. The van der Waals surface area contributed by atoms with E-state index in [0.29, 0.717) is 6.42 Å². The summed E-state index contributed by atoms with van der Waals surface area (Å²) in [6.45, 7) is -0.932. The lowest BCUT2D eigenvalue weighted by Crippen LogP contribution is -2.17. The van der Waals surface area contributed by atoms with Gasteiger partial charge in [-0.3, -0.25) is 4.79 Å². The summed E-state index contributed by atoms with van der Waals surface area (Å²) in [6, 6.07) is 0. The Morgan fingerprint density at radius 3 is 1.46 bits per heavy atom. The molecule has 0 aromatic carbocycles. The lowest BCUT2D eigenvalue weighted by atomic mass is 10.0. The fourth-order valence-corrected chi connectivity index (χ4v) is 2.61. The van der Waals surface area contributed by atoms with Crippen molar-refractivity contribution < 1.29 is 27.8 Å². The highest BCUT2D eigenvalue weighted by atomic mass is 19.4. The van der Waals surface area contributed by atoms with Gasteiger partial charge in [-0.2, -0.15) is 13.2 Å². The molecular formula is C18H33F3O3. The van der Waals surface area contributed by atoms with Gasteiger partial charge in [-0.25, -0.2) is 0 Å². The smallest absolute Gasteiger partial charge is 0.411 e. The predicted octanol–water partition coefficient (Wildman–Crippen LogP) is 6.11. The number of carboxylic acid groups (broad SMARTS) is 1. The number of carboxylic acids is 1. The molecule has 24 heavy (non-hydrogen) atoms. The second-order valence-corrected chi connectivity index (χ2v) is 6.41. The third-order valence-corrected chi connectivity index (χ3v) is 3.95. The van der Waals surface area contributed by atoms with Gasteiger partial charge in [0.15, 0.2) is 0 Å². The molecule has 0 aliphatic rings. The molecule has 0 heterocycles. The first-order chi connectivity index (χ1) is 11.4. The van der Waals surface area contributed by atoms with Crippen LogP contribution in [-0.2, 0) is 9.53 Å². The van der Waals surface area contributed by atoms with Gasteiger partial charge in [-0.15, -0.1) is 0 Å². The summed E-state index contributed by atoms with van der Waals surface area (Å²) >= 11 is 0. The molecule has 0 radical (unpaired) electrons. The maximum absolute atomic E-state index is 11.8. The monoisotopic (exact) mass is 354 g/mol. The van der Waals surface area contributed by atoms with Crippen molar-refractivity contribution in [1.29, 1.82) is 0 Å². The number of hydrogen-bond acceptors (Lipinski definition) is 2. The summed E-state index contributed by atoms with van der Waals surface area (Å²) < 4.78 is 40.0. The molecule has 0 aliphatic heterocycles. The number of carbonyl (C=O) groups is 1. The van der Waals surface area contributed by atoms with Gasteiger partial charge in [0.05, 0.1) is 0 Å². The maximum Gasteiger partial charge on any atom is 0.411 e. The van der Waals surface area contributed by atoms with E-state index in [0.717, 1.165) is 38.5 Å². The lowest BCUT2D eigenvalue weighted by molar-refractivity contribution is -0.174. The predicted molar refractivity (Wildman–Crippen MR) is 89.1 cm³/mol. The van der Waals surface area contributed by atoms with Gasteiger partial charge >= 0.3 is 12.1 Å². The van der Waals surface area contributed by atoms with Crippen molar-refractivity contribution in [3.05, 3.63) is 0 Å². The molecule has 3 nitrogen and oxygen atoms in total. The highest BCUT2D eigenvalue weighted by molar-refractivity contribution is 5.66. The molecule has 0 aliphatic carbocycles. The number of alkyl halides is 3. The Morgan fingerprint density at radius 2 is 1.08 bits per heavy atom. The van der Waals surface area contributed by atoms with Crippen LogP contribution >= 0.6 is 0 Å². The average molecular weight is 354 g/mol.